The molecule has 86 valence electrons. The van der Waals surface area contributed by atoms with Gasteiger partial charge in [-0.15, -0.1) is 5.10 Å². The van der Waals surface area contributed by atoms with E-state index in [-0.39, 0.29) is 0 Å². The lowest BCUT2D eigenvalue weighted by Gasteiger charge is -2.17. The Balaban J connectivity index is 1.97. The van der Waals surface area contributed by atoms with E-state index in [1.165, 1.54) is 29.4 Å². The van der Waals surface area contributed by atoms with Crippen molar-refractivity contribution in [1.29, 1.82) is 0 Å². The van der Waals surface area contributed by atoms with E-state index in [1.807, 2.05) is 6.20 Å². The lowest BCUT2D eigenvalue weighted by atomic mass is 10.3. The van der Waals surface area contributed by atoms with Crippen molar-refractivity contribution in [1.82, 2.24) is 19.8 Å². The van der Waals surface area contributed by atoms with E-state index in [2.05, 4.69) is 33.7 Å². The monoisotopic (exact) mass is 228 g/mol. The van der Waals surface area contributed by atoms with E-state index in [1.54, 1.807) is 0 Å². The van der Waals surface area contributed by atoms with Gasteiger partial charge in [0.2, 0.25) is 0 Å². The van der Waals surface area contributed by atoms with Gasteiger partial charge in [-0.3, -0.25) is 0 Å². The van der Waals surface area contributed by atoms with Crippen LogP contribution in [0.1, 0.15) is 25.1 Å². The predicted molar refractivity (Wildman–Crippen MR) is 64.0 cm³/mol. The summed E-state index contributed by atoms with van der Waals surface area (Å²) in [6.07, 6.45) is 3.02. The molecule has 1 aromatic rings. The maximum atomic E-state index is 3.82. The Hall–Kier alpha value is -0.520. The van der Waals surface area contributed by atoms with Gasteiger partial charge in [-0.1, -0.05) is 18.3 Å². The van der Waals surface area contributed by atoms with Crippen LogP contribution in [-0.4, -0.2) is 40.7 Å². The van der Waals surface area contributed by atoms with Crippen LogP contribution in [0.5, 0.6) is 0 Å². The summed E-state index contributed by atoms with van der Waals surface area (Å²) >= 11 is 1.46. The first-order valence-corrected chi connectivity index (χ1v) is 6.33. The van der Waals surface area contributed by atoms with Crippen LogP contribution in [0.2, 0.25) is 0 Å². The molecule has 1 aromatic heterocycles. The van der Waals surface area contributed by atoms with Crippen molar-refractivity contribution in [3.63, 3.8) is 0 Å². The highest BCUT2D eigenvalue weighted by molar-refractivity contribution is 7.05. The second kappa shape index (κ2) is 7.73. The van der Waals surface area contributed by atoms with E-state index >= 15 is 0 Å². The highest BCUT2D eigenvalue weighted by Crippen LogP contribution is 2.00. The Morgan fingerprint density at radius 2 is 2.20 bits per heavy atom. The van der Waals surface area contributed by atoms with Gasteiger partial charge in [0.05, 0.1) is 11.1 Å². The Bertz CT molecular complexity index is 234. The van der Waals surface area contributed by atoms with Crippen molar-refractivity contribution in [2.24, 2.45) is 0 Å². The number of aromatic nitrogens is 2. The van der Waals surface area contributed by atoms with E-state index in [9.17, 15) is 0 Å². The summed E-state index contributed by atoms with van der Waals surface area (Å²) in [6.45, 7) is 9.86. The molecule has 0 atom stereocenters. The minimum atomic E-state index is 0.899. The van der Waals surface area contributed by atoms with Gasteiger partial charge in [-0.05, 0) is 44.1 Å². The minimum Gasteiger partial charge on any atom is -0.312 e. The van der Waals surface area contributed by atoms with Crippen molar-refractivity contribution in [2.45, 2.75) is 26.8 Å². The summed E-state index contributed by atoms with van der Waals surface area (Å²) in [5, 5.41) is 7.19. The van der Waals surface area contributed by atoms with E-state index in [0.717, 1.165) is 26.2 Å². The molecule has 0 aromatic carbocycles. The second-order valence-electron chi connectivity index (χ2n) is 3.44. The van der Waals surface area contributed by atoms with Crippen molar-refractivity contribution in [2.75, 3.05) is 26.2 Å². The van der Waals surface area contributed by atoms with Crippen molar-refractivity contribution < 1.29 is 0 Å². The number of hydrogen-bond acceptors (Lipinski definition) is 5. The van der Waals surface area contributed by atoms with Gasteiger partial charge >= 0.3 is 0 Å². The first-order chi connectivity index (χ1) is 7.36. The highest BCUT2D eigenvalue weighted by Gasteiger charge is 1.98. The summed E-state index contributed by atoms with van der Waals surface area (Å²) in [4.78, 5) is 3.65. The summed E-state index contributed by atoms with van der Waals surface area (Å²) in [7, 11) is 0. The lowest BCUT2D eigenvalue weighted by molar-refractivity contribution is 0.298. The molecule has 0 bridgehead atoms. The second-order valence-corrected chi connectivity index (χ2v) is 4.31. The molecule has 5 heteroatoms. The number of hydrogen-bond donors (Lipinski definition) is 1. The van der Waals surface area contributed by atoms with Crippen LogP contribution in [0, 0.1) is 0 Å². The smallest absolute Gasteiger partial charge is 0.0666 e. The topological polar surface area (TPSA) is 41.0 Å². The summed E-state index contributed by atoms with van der Waals surface area (Å²) in [5.41, 5.74) is 0. The standard InChI is InChI=1S/C10H20N4S/c1-3-14(4-2)7-5-6-11-8-10-9-12-13-15-10/h9,11H,3-8H2,1-2H3. The average Bonchev–Trinajstić information content (AvgIpc) is 2.76. The van der Waals surface area contributed by atoms with E-state index in [0.29, 0.717) is 0 Å². The van der Waals surface area contributed by atoms with Crippen molar-refractivity contribution >= 4 is 11.5 Å². The predicted octanol–water partition coefficient (Wildman–Crippen LogP) is 1.36. The quantitative estimate of drug-likeness (QED) is 0.682. The molecule has 4 nitrogen and oxygen atoms in total. The van der Waals surface area contributed by atoms with Crippen LogP contribution in [0.3, 0.4) is 0 Å². The number of nitrogens with one attached hydrogen (secondary N) is 1. The molecule has 0 radical (unpaired) electrons. The zero-order chi connectivity index (χ0) is 10.9. The maximum Gasteiger partial charge on any atom is 0.0666 e. The fourth-order valence-corrected chi connectivity index (χ4v) is 1.90. The van der Waals surface area contributed by atoms with Crippen LogP contribution in [0.15, 0.2) is 6.20 Å². The van der Waals surface area contributed by atoms with E-state index < -0.39 is 0 Å². The van der Waals surface area contributed by atoms with Gasteiger partial charge in [0.1, 0.15) is 0 Å². The Labute approximate surface area is 95.8 Å². The molecule has 1 heterocycles. The van der Waals surface area contributed by atoms with Crippen LogP contribution in [-0.2, 0) is 6.54 Å². The van der Waals surface area contributed by atoms with Gasteiger partial charge in [-0.25, -0.2) is 0 Å². The van der Waals surface area contributed by atoms with Crippen LogP contribution >= 0.6 is 11.5 Å². The third kappa shape index (κ3) is 5.20. The summed E-state index contributed by atoms with van der Waals surface area (Å²) in [6, 6.07) is 0. The van der Waals surface area contributed by atoms with Crippen LogP contribution < -0.4 is 5.32 Å². The molecule has 0 aliphatic heterocycles. The molecule has 1 rings (SSSR count). The molecule has 15 heavy (non-hydrogen) atoms. The zero-order valence-corrected chi connectivity index (χ0v) is 10.4. The number of nitrogens with zero attached hydrogens (tertiary/aromatic N) is 3. The van der Waals surface area contributed by atoms with Crippen LogP contribution in [0.4, 0.5) is 0 Å². The van der Waals surface area contributed by atoms with Gasteiger partial charge in [0.15, 0.2) is 0 Å². The normalized spacial score (nSPS) is 11.1. The Morgan fingerprint density at radius 1 is 1.40 bits per heavy atom. The molecule has 0 spiro atoms. The number of rotatable bonds is 8. The molecular formula is C10H20N4S. The highest BCUT2D eigenvalue weighted by atomic mass is 32.1. The SMILES string of the molecule is CCN(CC)CCCNCc1cnns1. The summed E-state index contributed by atoms with van der Waals surface area (Å²) in [5.74, 6) is 0. The van der Waals surface area contributed by atoms with Gasteiger partial charge in [0, 0.05) is 6.54 Å². The molecule has 1 N–H and O–H groups in total. The molecule has 0 fully saturated rings. The third-order valence-corrected chi connectivity index (χ3v) is 3.09. The first-order valence-electron chi connectivity index (χ1n) is 5.56. The molecule has 0 aliphatic rings. The van der Waals surface area contributed by atoms with Crippen molar-refractivity contribution in [3.05, 3.63) is 11.1 Å². The fourth-order valence-electron chi connectivity index (χ4n) is 1.44. The maximum absolute atomic E-state index is 3.82. The van der Waals surface area contributed by atoms with Gasteiger partial charge < -0.3 is 10.2 Å². The largest absolute Gasteiger partial charge is 0.312 e. The van der Waals surface area contributed by atoms with Crippen LogP contribution in [0.25, 0.3) is 0 Å². The zero-order valence-electron chi connectivity index (χ0n) is 9.57. The molecule has 0 amide bonds. The molecule has 0 aliphatic carbocycles. The average molecular weight is 228 g/mol. The van der Waals surface area contributed by atoms with Gasteiger partial charge in [0.25, 0.3) is 0 Å². The molecule has 0 unspecified atom stereocenters. The summed E-state index contributed by atoms with van der Waals surface area (Å²) < 4.78 is 3.82. The Kier molecular flexibility index (Phi) is 6.47. The minimum absolute atomic E-state index is 0.899. The Morgan fingerprint density at radius 3 is 2.80 bits per heavy atom. The molecular weight excluding hydrogens is 208 g/mol. The van der Waals surface area contributed by atoms with Gasteiger partial charge in [-0.2, -0.15) is 0 Å². The van der Waals surface area contributed by atoms with E-state index in [4.69, 9.17) is 0 Å². The first kappa shape index (κ1) is 12.5. The third-order valence-electron chi connectivity index (χ3n) is 2.43. The molecule has 0 saturated carbocycles. The fraction of sp³-hybridized carbons (Fsp3) is 0.800. The lowest BCUT2D eigenvalue weighted by Crippen LogP contribution is -2.27. The van der Waals surface area contributed by atoms with Crippen molar-refractivity contribution in [3.8, 4) is 0 Å². The molecule has 0 saturated heterocycles.